The van der Waals surface area contributed by atoms with Crippen molar-refractivity contribution in [3.63, 3.8) is 0 Å². The summed E-state index contributed by atoms with van der Waals surface area (Å²) in [6.45, 7) is 2.76. The van der Waals surface area contributed by atoms with Crippen LogP contribution in [0.1, 0.15) is 15.9 Å². The summed E-state index contributed by atoms with van der Waals surface area (Å²) in [7, 11) is 1.50. The molecule has 2 N–H and O–H groups in total. The van der Waals surface area contributed by atoms with Crippen LogP contribution in [0.15, 0.2) is 24.3 Å². The van der Waals surface area contributed by atoms with E-state index in [2.05, 4.69) is 0 Å². The summed E-state index contributed by atoms with van der Waals surface area (Å²) in [5, 5.41) is 0. The van der Waals surface area contributed by atoms with Crippen molar-refractivity contribution in [3.8, 4) is 0 Å². The van der Waals surface area contributed by atoms with Crippen LogP contribution in [0.4, 0.5) is 0 Å². The van der Waals surface area contributed by atoms with Gasteiger partial charge in [0.2, 0.25) is 5.91 Å². The van der Waals surface area contributed by atoms with Crippen LogP contribution in [-0.4, -0.2) is 61.5 Å². The molecule has 0 bridgehead atoms. The number of rotatable bonds is 4. The topological polar surface area (TPSA) is 75.9 Å². The largest absolute Gasteiger partial charge is 0.375 e. The SMILES string of the molecule is COCC(=O)N1CCN(C(=O)c2ccc(CN)cc2)CC1. The molecule has 1 heterocycles. The highest BCUT2D eigenvalue weighted by atomic mass is 16.5. The van der Waals surface area contributed by atoms with E-state index < -0.39 is 0 Å². The fraction of sp³-hybridized carbons (Fsp3) is 0.467. The summed E-state index contributed by atoms with van der Waals surface area (Å²) in [5.41, 5.74) is 7.20. The molecule has 0 spiro atoms. The van der Waals surface area contributed by atoms with E-state index in [4.69, 9.17) is 10.5 Å². The van der Waals surface area contributed by atoms with Crippen LogP contribution in [0.5, 0.6) is 0 Å². The molecule has 0 aliphatic carbocycles. The number of carbonyl (C=O) groups is 2. The van der Waals surface area contributed by atoms with Gasteiger partial charge in [0.25, 0.3) is 5.91 Å². The Labute approximate surface area is 124 Å². The second kappa shape index (κ2) is 7.19. The van der Waals surface area contributed by atoms with E-state index in [0.29, 0.717) is 38.3 Å². The first-order valence-corrected chi connectivity index (χ1v) is 7.00. The van der Waals surface area contributed by atoms with Crippen LogP contribution in [0, 0.1) is 0 Å². The van der Waals surface area contributed by atoms with E-state index in [9.17, 15) is 9.59 Å². The maximum Gasteiger partial charge on any atom is 0.253 e. The lowest BCUT2D eigenvalue weighted by atomic mass is 10.1. The van der Waals surface area contributed by atoms with Gasteiger partial charge in [-0.1, -0.05) is 12.1 Å². The van der Waals surface area contributed by atoms with E-state index in [1.165, 1.54) is 7.11 Å². The maximum absolute atomic E-state index is 12.4. The van der Waals surface area contributed by atoms with Crippen molar-refractivity contribution in [3.05, 3.63) is 35.4 Å². The van der Waals surface area contributed by atoms with Gasteiger partial charge in [-0.2, -0.15) is 0 Å². The standard InChI is InChI=1S/C15H21N3O3/c1-21-11-14(19)17-6-8-18(9-7-17)15(20)13-4-2-12(10-16)3-5-13/h2-5H,6-11,16H2,1H3. The molecule has 6 nitrogen and oxygen atoms in total. The van der Waals surface area contributed by atoms with Crippen LogP contribution in [-0.2, 0) is 16.1 Å². The quantitative estimate of drug-likeness (QED) is 0.852. The Bertz CT molecular complexity index is 493. The molecule has 1 saturated heterocycles. The summed E-state index contributed by atoms with van der Waals surface area (Å²) in [4.78, 5) is 27.6. The maximum atomic E-state index is 12.4. The van der Waals surface area contributed by atoms with Gasteiger partial charge in [0.15, 0.2) is 0 Å². The molecular formula is C15H21N3O3. The second-order valence-electron chi connectivity index (χ2n) is 5.01. The van der Waals surface area contributed by atoms with Crippen LogP contribution in [0.25, 0.3) is 0 Å². The zero-order valence-electron chi connectivity index (χ0n) is 12.2. The number of amides is 2. The molecule has 1 aromatic rings. The van der Waals surface area contributed by atoms with E-state index in [1.54, 1.807) is 21.9 Å². The van der Waals surface area contributed by atoms with Gasteiger partial charge in [0.1, 0.15) is 6.61 Å². The van der Waals surface area contributed by atoms with Gasteiger partial charge in [0.05, 0.1) is 0 Å². The summed E-state index contributed by atoms with van der Waals surface area (Å²) >= 11 is 0. The number of carbonyl (C=O) groups excluding carboxylic acids is 2. The highest BCUT2D eigenvalue weighted by Gasteiger charge is 2.24. The van der Waals surface area contributed by atoms with Crippen LogP contribution in [0.2, 0.25) is 0 Å². The average Bonchev–Trinajstić information content (AvgIpc) is 2.54. The van der Waals surface area contributed by atoms with Crippen molar-refractivity contribution in [2.24, 2.45) is 5.73 Å². The molecule has 21 heavy (non-hydrogen) atoms. The highest BCUT2D eigenvalue weighted by molar-refractivity contribution is 5.94. The molecular weight excluding hydrogens is 270 g/mol. The molecule has 114 valence electrons. The first-order valence-electron chi connectivity index (χ1n) is 7.00. The Morgan fingerprint density at radius 3 is 2.19 bits per heavy atom. The molecule has 0 atom stereocenters. The summed E-state index contributed by atoms with van der Waals surface area (Å²) in [6, 6.07) is 7.33. The molecule has 0 unspecified atom stereocenters. The van der Waals surface area contributed by atoms with E-state index in [1.807, 2.05) is 12.1 Å². The Morgan fingerprint density at radius 1 is 1.10 bits per heavy atom. The van der Waals surface area contributed by atoms with Crippen molar-refractivity contribution < 1.29 is 14.3 Å². The Hall–Kier alpha value is -1.92. The van der Waals surface area contributed by atoms with Crippen LogP contribution >= 0.6 is 0 Å². The Kier molecular flexibility index (Phi) is 5.30. The molecule has 2 rings (SSSR count). The zero-order valence-corrected chi connectivity index (χ0v) is 12.2. The lowest BCUT2D eigenvalue weighted by Crippen LogP contribution is -2.51. The van der Waals surface area contributed by atoms with Crippen molar-refractivity contribution in [1.82, 2.24) is 9.80 Å². The molecule has 0 radical (unpaired) electrons. The van der Waals surface area contributed by atoms with E-state index in [0.717, 1.165) is 5.56 Å². The molecule has 0 saturated carbocycles. The number of hydrogen-bond acceptors (Lipinski definition) is 4. The Balaban J connectivity index is 1.92. The predicted octanol–water partition coefficient (Wildman–Crippen LogP) is 0.0761. The van der Waals surface area contributed by atoms with Gasteiger partial charge in [-0.25, -0.2) is 0 Å². The second-order valence-corrected chi connectivity index (χ2v) is 5.01. The minimum absolute atomic E-state index is 0.00240. The first kappa shape index (κ1) is 15.5. The smallest absolute Gasteiger partial charge is 0.253 e. The fourth-order valence-corrected chi connectivity index (χ4v) is 2.34. The number of piperazine rings is 1. The summed E-state index contributed by atoms with van der Waals surface area (Å²) in [6.07, 6.45) is 0. The summed E-state index contributed by atoms with van der Waals surface area (Å²) in [5.74, 6) is -0.0330. The van der Waals surface area contributed by atoms with Crippen molar-refractivity contribution in [1.29, 1.82) is 0 Å². The lowest BCUT2D eigenvalue weighted by Gasteiger charge is -2.34. The van der Waals surface area contributed by atoms with E-state index in [-0.39, 0.29) is 18.4 Å². The van der Waals surface area contributed by atoms with Gasteiger partial charge in [-0.15, -0.1) is 0 Å². The van der Waals surface area contributed by atoms with Crippen molar-refractivity contribution >= 4 is 11.8 Å². The van der Waals surface area contributed by atoms with Crippen LogP contribution < -0.4 is 5.73 Å². The number of nitrogens with zero attached hydrogens (tertiary/aromatic N) is 2. The lowest BCUT2D eigenvalue weighted by molar-refractivity contribution is -0.136. The Morgan fingerprint density at radius 2 is 1.67 bits per heavy atom. The van der Waals surface area contributed by atoms with Gasteiger partial charge in [0, 0.05) is 45.4 Å². The van der Waals surface area contributed by atoms with E-state index >= 15 is 0 Å². The van der Waals surface area contributed by atoms with Gasteiger partial charge in [-0.05, 0) is 17.7 Å². The number of benzene rings is 1. The molecule has 1 aromatic carbocycles. The fourth-order valence-electron chi connectivity index (χ4n) is 2.34. The minimum atomic E-state index is -0.0307. The number of nitrogens with two attached hydrogens (primary N) is 1. The summed E-state index contributed by atoms with van der Waals surface area (Å²) < 4.78 is 4.84. The normalized spacial score (nSPS) is 15.1. The monoisotopic (exact) mass is 291 g/mol. The molecule has 6 heteroatoms. The zero-order chi connectivity index (χ0) is 15.2. The van der Waals surface area contributed by atoms with Crippen molar-refractivity contribution in [2.45, 2.75) is 6.54 Å². The molecule has 2 amide bonds. The number of ether oxygens (including phenoxy) is 1. The van der Waals surface area contributed by atoms with Gasteiger partial charge < -0.3 is 20.3 Å². The molecule has 0 aromatic heterocycles. The van der Waals surface area contributed by atoms with Crippen molar-refractivity contribution in [2.75, 3.05) is 39.9 Å². The predicted molar refractivity (Wildman–Crippen MR) is 78.7 cm³/mol. The van der Waals surface area contributed by atoms with Gasteiger partial charge >= 0.3 is 0 Å². The average molecular weight is 291 g/mol. The highest BCUT2D eigenvalue weighted by Crippen LogP contribution is 2.10. The number of methoxy groups -OCH3 is 1. The van der Waals surface area contributed by atoms with Crippen LogP contribution in [0.3, 0.4) is 0 Å². The molecule has 1 aliphatic heterocycles. The number of hydrogen-bond donors (Lipinski definition) is 1. The third kappa shape index (κ3) is 3.80. The van der Waals surface area contributed by atoms with Gasteiger partial charge in [-0.3, -0.25) is 9.59 Å². The molecule has 1 fully saturated rings. The third-order valence-corrected chi connectivity index (χ3v) is 3.62. The molecule has 1 aliphatic rings. The minimum Gasteiger partial charge on any atom is -0.375 e. The third-order valence-electron chi connectivity index (χ3n) is 3.62. The first-order chi connectivity index (χ1) is 10.2.